The number of aromatic nitrogens is 4. The molecule has 4 heterocycles. The number of thioether (sulfide) groups is 1. The molecule has 1 atom stereocenters. The van der Waals surface area contributed by atoms with Crippen LogP contribution in [0.3, 0.4) is 0 Å². The summed E-state index contributed by atoms with van der Waals surface area (Å²) in [6.45, 7) is 4.49. The third-order valence-electron chi connectivity index (χ3n) is 4.31. The van der Waals surface area contributed by atoms with Gasteiger partial charge in [-0.15, -0.1) is 11.8 Å². The maximum absolute atomic E-state index is 5.56. The molecule has 0 spiro atoms. The number of morpholine rings is 1. The molecule has 1 N–H and O–H groups in total. The van der Waals surface area contributed by atoms with Crippen LogP contribution < -0.4 is 4.90 Å². The van der Waals surface area contributed by atoms with Crippen molar-refractivity contribution in [1.29, 1.82) is 0 Å². The van der Waals surface area contributed by atoms with Gasteiger partial charge in [-0.3, -0.25) is 10.1 Å². The van der Waals surface area contributed by atoms with Crippen LogP contribution in [0, 0.1) is 0 Å². The smallest absolute Gasteiger partial charge is 0.130 e. The number of pyridine rings is 2. The molecule has 0 radical (unpaired) electrons. The number of fused-ring (bicyclic) bond motifs is 1. The van der Waals surface area contributed by atoms with Gasteiger partial charge in [-0.05, 0) is 31.4 Å². The van der Waals surface area contributed by atoms with Gasteiger partial charge in [-0.2, -0.15) is 5.10 Å². The highest BCUT2D eigenvalue weighted by atomic mass is 32.2. The van der Waals surface area contributed by atoms with Gasteiger partial charge in [0.2, 0.25) is 0 Å². The Balaban J connectivity index is 1.92. The van der Waals surface area contributed by atoms with Gasteiger partial charge in [-0.1, -0.05) is 0 Å². The molecular formula is C17H19N5OS. The Bertz CT molecular complexity index is 852. The number of nitrogens with one attached hydrogen (secondary N) is 1. The molecular weight excluding hydrogens is 322 g/mol. The SMILES string of the molecule is CSc1cc(N2CCOCC2C)nc2c(-c3ccn[nH]3)nccc12. The predicted octanol–water partition coefficient (Wildman–Crippen LogP) is 2.97. The molecule has 1 saturated heterocycles. The fourth-order valence-electron chi connectivity index (χ4n) is 3.08. The van der Waals surface area contributed by atoms with E-state index in [0.29, 0.717) is 6.04 Å². The third kappa shape index (κ3) is 2.63. The Kier molecular flexibility index (Phi) is 4.12. The van der Waals surface area contributed by atoms with Crippen LogP contribution in [-0.4, -0.2) is 52.2 Å². The van der Waals surface area contributed by atoms with E-state index >= 15 is 0 Å². The molecule has 0 aliphatic carbocycles. The van der Waals surface area contributed by atoms with Crippen molar-refractivity contribution in [3.05, 3.63) is 30.6 Å². The second kappa shape index (κ2) is 6.41. The minimum absolute atomic E-state index is 0.311. The fraction of sp³-hybridized carbons (Fsp3) is 0.353. The van der Waals surface area contributed by atoms with Crippen molar-refractivity contribution in [2.75, 3.05) is 30.9 Å². The van der Waals surface area contributed by atoms with E-state index < -0.39 is 0 Å². The molecule has 124 valence electrons. The van der Waals surface area contributed by atoms with Gasteiger partial charge in [0.05, 0.1) is 24.9 Å². The zero-order valence-corrected chi connectivity index (χ0v) is 14.5. The molecule has 3 aromatic rings. The highest BCUT2D eigenvalue weighted by Gasteiger charge is 2.22. The van der Waals surface area contributed by atoms with E-state index in [1.165, 1.54) is 4.90 Å². The summed E-state index contributed by atoms with van der Waals surface area (Å²) >= 11 is 1.73. The van der Waals surface area contributed by atoms with E-state index in [4.69, 9.17) is 9.72 Å². The van der Waals surface area contributed by atoms with Gasteiger partial charge in [-0.25, -0.2) is 4.98 Å². The summed E-state index contributed by atoms with van der Waals surface area (Å²) in [4.78, 5) is 13.0. The number of hydrogen-bond acceptors (Lipinski definition) is 6. The summed E-state index contributed by atoms with van der Waals surface area (Å²) in [5.41, 5.74) is 2.62. The van der Waals surface area contributed by atoms with E-state index in [0.717, 1.165) is 47.9 Å². The van der Waals surface area contributed by atoms with Crippen molar-refractivity contribution < 1.29 is 4.74 Å². The van der Waals surface area contributed by atoms with Crippen LogP contribution in [0.15, 0.2) is 35.5 Å². The van der Waals surface area contributed by atoms with Crippen molar-refractivity contribution in [3.63, 3.8) is 0 Å². The van der Waals surface area contributed by atoms with Crippen LogP contribution >= 0.6 is 11.8 Å². The maximum atomic E-state index is 5.56. The fourth-order valence-corrected chi connectivity index (χ4v) is 3.68. The maximum Gasteiger partial charge on any atom is 0.130 e. The highest BCUT2D eigenvalue weighted by molar-refractivity contribution is 7.98. The molecule has 24 heavy (non-hydrogen) atoms. The molecule has 4 rings (SSSR count). The molecule has 7 heteroatoms. The topological polar surface area (TPSA) is 66.9 Å². The van der Waals surface area contributed by atoms with Crippen LogP contribution in [0.2, 0.25) is 0 Å². The molecule has 1 unspecified atom stereocenters. The van der Waals surface area contributed by atoms with Gasteiger partial charge in [0, 0.05) is 29.2 Å². The number of aromatic amines is 1. The Morgan fingerprint density at radius 3 is 3.00 bits per heavy atom. The van der Waals surface area contributed by atoms with Crippen LogP contribution in [0.1, 0.15) is 6.92 Å². The van der Waals surface area contributed by atoms with E-state index in [1.807, 2.05) is 18.3 Å². The normalized spacial score (nSPS) is 18.2. The first-order chi connectivity index (χ1) is 11.8. The summed E-state index contributed by atoms with van der Waals surface area (Å²) in [5, 5.41) is 8.16. The first kappa shape index (κ1) is 15.4. The first-order valence-electron chi connectivity index (χ1n) is 7.96. The Morgan fingerprint density at radius 1 is 1.33 bits per heavy atom. The Labute approximate surface area is 144 Å². The average molecular weight is 341 g/mol. The highest BCUT2D eigenvalue weighted by Crippen LogP contribution is 2.34. The van der Waals surface area contributed by atoms with Gasteiger partial charge < -0.3 is 9.64 Å². The van der Waals surface area contributed by atoms with E-state index in [1.54, 1.807) is 18.0 Å². The van der Waals surface area contributed by atoms with Crippen LogP contribution in [0.5, 0.6) is 0 Å². The van der Waals surface area contributed by atoms with Gasteiger partial charge in [0.25, 0.3) is 0 Å². The summed E-state index contributed by atoms with van der Waals surface area (Å²) < 4.78 is 5.56. The van der Waals surface area contributed by atoms with Crippen molar-refractivity contribution in [3.8, 4) is 11.4 Å². The number of rotatable bonds is 3. The predicted molar refractivity (Wildman–Crippen MR) is 96.5 cm³/mol. The molecule has 0 saturated carbocycles. The van der Waals surface area contributed by atoms with E-state index in [-0.39, 0.29) is 0 Å². The van der Waals surface area contributed by atoms with Crippen molar-refractivity contribution in [1.82, 2.24) is 20.2 Å². The molecule has 6 nitrogen and oxygen atoms in total. The molecule has 0 aromatic carbocycles. The summed E-state index contributed by atoms with van der Waals surface area (Å²) in [5.74, 6) is 0.983. The lowest BCUT2D eigenvalue weighted by atomic mass is 10.1. The zero-order valence-electron chi connectivity index (χ0n) is 13.7. The summed E-state index contributed by atoms with van der Waals surface area (Å²) in [7, 11) is 0. The van der Waals surface area contributed by atoms with Crippen molar-refractivity contribution in [2.45, 2.75) is 17.9 Å². The molecule has 0 amide bonds. The number of anilines is 1. The van der Waals surface area contributed by atoms with Gasteiger partial charge >= 0.3 is 0 Å². The largest absolute Gasteiger partial charge is 0.377 e. The third-order valence-corrected chi connectivity index (χ3v) is 5.09. The quantitative estimate of drug-likeness (QED) is 0.739. The standard InChI is InChI=1S/C17H19N5OS/c1-11-10-23-8-7-22(11)15-9-14(24-2)12-3-5-18-17(16(12)20-15)13-4-6-19-21-13/h3-6,9,11H,7-8,10H2,1-2H3,(H,19,21). The minimum atomic E-state index is 0.311. The van der Waals surface area contributed by atoms with Gasteiger partial charge in [0.1, 0.15) is 17.0 Å². The van der Waals surface area contributed by atoms with E-state index in [2.05, 4.69) is 39.3 Å². The number of nitrogens with zero attached hydrogens (tertiary/aromatic N) is 4. The summed E-state index contributed by atoms with van der Waals surface area (Å²) in [6.07, 6.45) is 5.66. The molecule has 3 aromatic heterocycles. The lowest BCUT2D eigenvalue weighted by Gasteiger charge is -2.34. The Hall–Kier alpha value is -2.12. The van der Waals surface area contributed by atoms with Gasteiger partial charge in [0.15, 0.2) is 0 Å². The number of hydrogen-bond donors (Lipinski definition) is 1. The second-order valence-electron chi connectivity index (χ2n) is 5.83. The zero-order chi connectivity index (χ0) is 16.5. The monoisotopic (exact) mass is 341 g/mol. The molecule has 1 fully saturated rings. The lowest BCUT2D eigenvalue weighted by molar-refractivity contribution is 0.0985. The second-order valence-corrected chi connectivity index (χ2v) is 6.67. The molecule has 1 aliphatic heterocycles. The van der Waals surface area contributed by atoms with Crippen LogP contribution in [-0.2, 0) is 4.74 Å². The first-order valence-corrected chi connectivity index (χ1v) is 9.18. The molecule has 1 aliphatic rings. The number of ether oxygens (including phenoxy) is 1. The lowest BCUT2D eigenvalue weighted by Crippen LogP contribution is -2.44. The Morgan fingerprint density at radius 2 is 2.25 bits per heavy atom. The van der Waals surface area contributed by atoms with Crippen LogP contribution in [0.4, 0.5) is 5.82 Å². The molecule has 0 bridgehead atoms. The minimum Gasteiger partial charge on any atom is -0.377 e. The average Bonchev–Trinajstić information content (AvgIpc) is 3.15. The van der Waals surface area contributed by atoms with E-state index in [9.17, 15) is 0 Å². The van der Waals surface area contributed by atoms with Crippen LogP contribution in [0.25, 0.3) is 22.3 Å². The van der Waals surface area contributed by atoms with Crippen molar-refractivity contribution >= 4 is 28.5 Å². The number of H-pyrrole nitrogens is 1. The van der Waals surface area contributed by atoms with Crippen molar-refractivity contribution in [2.24, 2.45) is 0 Å². The summed E-state index contributed by atoms with van der Waals surface area (Å²) in [6, 6.07) is 6.43.